The minimum Gasteiger partial charge on any atom is -0.366 e. The molecule has 15 heavy (non-hydrogen) atoms. The second kappa shape index (κ2) is 4.79. The average Bonchev–Trinajstić information content (AvgIpc) is 2.31. The largest absolute Gasteiger partial charge is 0.366 e. The van der Waals surface area contributed by atoms with Crippen LogP contribution in [-0.4, -0.2) is 11.0 Å². The summed E-state index contributed by atoms with van der Waals surface area (Å²) in [5.41, 5.74) is 0.642. The molecule has 78 valence electrons. The molecule has 1 N–H and O–H groups in total. The zero-order chi connectivity index (χ0) is 10.5. The van der Waals surface area contributed by atoms with Crippen molar-refractivity contribution in [3.05, 3.63) is 23.9 Å². The van der Waals surface area contributed by atoms with E-state index in [1.54, 1.807) is 18.3 Å². The Morgan fingerprint density at radius 3 is 2.87 bits per heavy atom. The second-order valence-corrected chi connectivity index (χ2v) is 3.99. The number of aromatic nitrogens is 1. The summed E-state index contributed by atoms with van der Waals surface area (Å²) in [4.78, 5) is 4.21. The van der Waals surface area contributed by atoms with Crippen LogP contribution >= 0.6 is 0 Å². The van der Waals surface area contributed by atoms with Gasteiger partial charge in [-0.05, 0) is 25.0 Å². The number of anilines is 1. The molecule has 0 aliphatic heterocycles. The molecule has 0 aromatic carbocycles. The van der Waals surface area contributed by atoms with Crippen molar-refractivity contribution < 1.29 is 0 Å². The van der Waals surface area contributed by atoms with Crippen LogP contribution < -0.4 is 5.32 Å². The van der Waals surface area contributed by atoms with Crippen molar-refractivity contribution >= 4 is 5.82 Å². The highest BCUT2D eigenvalue weighted by Gasteiger charge is 2.14. The summed E-state index contributed by atoms with van der Waals surface area (Å²) in [6.07, 6.45) is 8.03. The van der Waals surface area contributed by atoms with Gasteiger partial charge in [-0.15, -0.1) is 0 Å². The van der Waals surface area contributed by atoms with Crippen molar-refractivity contribution in [2.75, 3.05) is 5.32 Å². The van der Waals surface area contributed by atoms with E-state index in [1.165, 1.54) is 32.1 Å². The van der Waals surface area contributed by atoms with E-state index >= 15 is 0 Å². The van der Waals surface area contributed by atoms with E-state index in [2.05, 4.69) is 16.4 Å². The monoisotopic (exact) mass is 201 g/mol. The first-order chi connectivity index (χ1) is 7.40. The molecule has 0 bridgehead atoms. The maximum atomic E-state index is 8.92. The van der Waals surface area contributed by atoms with Gasteiger partial charge in [-0.1, -0.05) is 19.3 Å². The molecule has 1 aromatic heterocycles. The lowest BCUT2D eigenvalue weighted by Crippen LogP contribution is -2.23. The average molecular weight is 201 g/mol. The van der Waals surface area contributed by atoms with Crippen LogP contribution in [0.1, 0.15) is 37.7 Å². The lowest BCUT2D eigenvalue weighted by molar-refractivity contribution is 0.462. The molecule has 1 aliphatic rings. The zero-order valence-corrected chi connectivity index (χ0v) is 8.74. The number of hydrogen-bond acceptors (Lipinski definition) is 3. The van der Waals surface area contributed by atoms with Gasteiger partial charge in [0.15, 0.2) is 0 Å². The van der Waals surface area contributed by atoms with Crippen LogP contribution in [0.15, 0.2) is 18.3 Å². The molecule has 1 aliphatic carbocycles. The Balaban J connectivity index is 2.06. The minimum atomic E-state index is 0.501. The topological polar surface area (TPSA) is 48.7 Å². The van der Waals surface area contributed by atoms with Gasteiger partial charge in [0.05, 0.1) is 5.56 Å². The normalized spacial score (nSPS) is 17.0. The summed E-state index contributed by atoms with van der Waals surface area (Å²) >= 11 is 0. The molecule has 2 rings (SSSR count). The Morgan fingerprint density at radius 2 is 2.13 bits per heavy atom. The highest BCUT2D eigenvalue weighted by Crippen LogP contribution is 2.21. The van der Waals surface area contributed by atoms with Crippen molar-refractivity contribution in [2.45, 2.75) is 38.1 Å². The molecule has 3 heteroatoms. The van der Waals surface area contributed by atoms with Crippen molar-refractivity contribution in [3.63, 3.8) is 0 Å². The fraction of sp³-hybridized carbons (Fsp3) is 0.500. The smallest absolute Gasteiger partial charge is 0.144 e. The number of nitrogens with zero attached hydrogens (tertiary/aromatic N) is 2. The summed E-state index contributed by atoms with van der Waals surface area (Å²) in [5.74, 6) is 0.743. The second-order valence-electron chi connectivity index (χ2n) is 3.99. The molecule has 0 atom stereocenters. The van der Waals surface area contributed by atoms with E-state index < -0.39 is 0 Å². The van der Waals surface area contributed by atoms with Gasteiger partial charge in [-0.25, -0.2) is 4.98 Å². The standard InChI is InChI=1S/C12H15N3/c13-9-10-5-4-8-14-12(10)15-11-6-2-1-3-7-11/h4-5,8,11H,1-3,6-7H2,(H,14,15). The van der Waals surface area contributed by atoms with Crippen LogP contribution in [0.25, 0.3) is 0 Å². The summed E-state index contributed by atoms with van der Waals surface area (Å²) < 4.78 is 0. The van der Waals surface area contributed by atoms with E-state index in [-0.39, 0.29) is 0 Å². The molecule has 0 unspecified atom stereocenters. The van der Waals surface area contributed by atoms with Crippen molar-refractivity contribution in [2.24, 2.45) is 0 Å². The Hall–Kier alpha value is -1.56. The number of nitriles is 1. The van der Waals surface area contributed by atoms with Crippen LogP contribution in [0.3, 0.4) is 0 Å². The van der Waals surface area contributed by atoms with Gasteiger partial charge in [0.2, 0.25) is 0 Å². The maximum absolute atomic E-state index is 8.92. The lowest BCUT2D eigenvalue weighted by atomic mass is 9.95. The van der Waals surface area contributed by atoms with Gasteiger partial charge in [-0.2, -0.15) is 5.26 Å². The van der Waals surface area contributed by atoms with E-state index in [9.17, 15) is 0 Å². The predicted octanol–water partition coefficient (Wildman–Crippen LogP) is 2.70. The van der Waals surface area contributed by atoms with Gasteiger partial charge in [-0.3, -0.25) is 0 Å². The van der Waals surface area contributed by atoms with Crippen LogP contribution in [-0.2, 0) is 0 Å². The molecule has 0 radical (unpaired) electrons. The highest BCUT2D eigenvalue weighted by atomic mass is 15.0. The molecule has 0 spiro atoms. The van der Waals surface area contributed by atoms with Crippen LogP contribution in [0.4, 0.5) is 5.82 Å². The Labute approximate surface area is 90.1 Å². The summed E-state index contributed by atoms with van der Waals surface area (Å²) in [6.45, 7) is 0. The molecule has 1 heterocycles. The Bertz CT molecular complexity index is 361. The van der Waals surface area contributed by atoms with Crippen molar-refractivity contribution in [3.8, 4) is 6.07 Å². The van der Waals surface area contributed by atoms with Gasteiger partial charge >= 0.3 is 0 Å². The van der Waals surface area contributed by atoms with Gasteiger partial charge in [0.25, 0.3) is 0 Å². The highest BCUT2D eigenvalue weighted by molar-refractivity contribution is 5.51. The Kier molecular flexibility index (Phi) is 3.18. The van der Waals surface area contributed by atoms with Gasteiger partial charge in [0.1, 0.15) is 11.9 Å². The summed E-state index contributed by atoms with van der Waals surface area (Å²) in [6, 6.07) is 6.26. The van der Waals surface area contributed by atoms with E-state index in [1.807, 2.05) is 0 Å². The molecule has 1 fully saturated rings. The Morgan fingerprint density at radius 1 is 1.33 bits per heavy atom. The summed E-state index contributed by atoms with van der Waals surface area (Å²) in [7, 11) is 0. The van der Waals surface area contributed by atoms with E-state index in [4.69, 9.17) is 5.26 Å². The van der Waals surface area contributed by atoms with Gasteiger partial charge < -0.3 is 5.32 Å². The number of nitrogens with one attached hydrogen (secondary N) is 1. The van der Waals surface area contributed by atoms with E-state index in [0.717, 1.165) is 5.82 Å². The summed E-state index contributed by atoms with van der Waals surface area (Å²) in [5, 5.41) is 12.3. The maximum Gasteiger partial charge on any atom is 0.144 e. The zero-order valence-electron chi connectivity index (χ0n) is 8.74. The SMILES string of the molecule is N#Cc1cccnc1NC1CCCCC1. The fourth-order valence-corrected chi connectivity index (χ4v) is 2.05. The molecule has 1 saturated carbocycles. The minimum absolute atomic E-state index is 0.501. The van der Waals surface area contributed by atoms with Crippen molar-refractivity contribution in [1.82, 2.24) is 4.98 Å². The molecule has 0 saturated heterocycles. The first-order valence-electron chi connectivity index (χ1n) is 5.52. The number of hydrogen-bond donors (Lipinski definition) is 1. The third-order valence-corrected chi connectivity index (χ3v) is 2.87. The van der Waals surface area contributed by atoms with Gasteiger partial charge in [0, 0.05) is 12.2 Å². The number of rotatable bonds is 2. The van der Waals surface area contributed by atoms with Crippen molar-refractivity contribution in [1.29, 1.82) is 5.26 Å². The third kappa shape index (κ3) is 2.47. The first-order valence-corrected chi connectivity index (χ1v) is 5.52. The molecule has 0 amide bonds. The van der Waals surface area contributed by atoms with Crippen LogP contribution in [0.5, 0.6) is 0 Å². The molecular formula is C12H15N3. The van der Waals surface area contributed by atoms with E-state index in [0.29, 0.717) is 11.6 Å². The van der Waals surface area contributed by atoms with Crippen LogP contribution in [0.2, 0.25) is 0 Å². The fourth-order valence-electron chi connectivity index (χ4n) is 2.05. The molecule has 3 nitrogen and oxygen atoms in total. The third-order valence-electron chi connectivity index (χ3n) is 2.87. The molecular weight excluding hydrogens is 186 g/mol. The molecule has 1 aromatic rings. The predicted molar refractivity (Wildman–Crippen MR) is 59.4 cm³/mol. The van der Waals surface area contributed by atoms with Crippen LogP contribution in [0, 0.1) is 11.3 Å². The number of pyridine rings is 1. The quantitative estimate of drug-likeness (QED) is 0.800. The lowest BCUT2D eigenvalue weighted by Gasteiger charge is -2.23. The first kappa shape index (κ1) is 9.97.